The number of rotatable bonds is 7. The SMILES string of the molecule is CCC(C)c1ccc(S(=O)(=O)N2CCN(C(=O)CCCN)CC2)cc1.Cl. The number of piperazine rings is 1. The summed E-state index contributed by atoms with van der Waals surface area (Å²) < 4.78 is 27.1. The molecule has 2 N–H and O–H groups in total. The summed E-state index contributed by atoms with van der Waals surface area (Å²) in [5, 5.41) is 0. The lowest BCUT2D eigenvalue weighted by molar-refractivity contribution is -0.132. The molecule has 26 heavy (non-hydrogen) atoms. The number of carbonyl (C=O) groups is 1. The van der Waals surface area contributed by atoms with Gasteiger partial charge in [0.25, 0.3) is 0 Å². The Balaban J connectivity index is 0.00000338. The molecule has 1 amide bonds. The van der Waals surface area contributed by atoms with E-state index in [4.69, 9.17) is 5.73 Å². The van der Waals surface area contributed by atoms with E-state index in [0.29, 0.717) is 56.4 Å². The maximum atomic E-state index is 12.8. The number of nitrogens with zero attached hydrogens (tertiary/aromatic N) is 2. The van der Waals surface area contributed by atoms with Crippen LogP contribution in [0.2, 0.25) is 0 Å². The molecule has 0 aliphatic carbocycles. The second-order valence-electron chi connectivity index (χ2n) is 6.56. The average molecular weight is 404 g/mol. The van der Waals surface area contributed by atoms with E-state index in [0.717, 1.165) is 12.0 Å². The highest BCUT2D eigenvalue weighted by Gasteiger charge is 2.29. The Hall–Kier alpha value is -1.15. The van der Waals surface area contributed by atoms with Crippen LogP contribution in [-0.4, -0.2) is 56.3 Å². The number of benzene rings is 1. The molecule has 1 fully saturated rings. The molecule has 0 spiro atoms. The Labute approximate surface area is 163 Å². The van der Waals surface area contributed by atoms with Crippen LogP contribution >= 0.6 is 12.4 Å². The highest BCUT2D eigenvalue weighted by Crippen LogP contribution is 2.23. The van der Waals surface area contributed by atoms with E-state index in [-0.39, 0.29) is 18.3 Å². The minimum Gasteiger partial charge on any atom is -0.340 e. The third-order valence-electron chi connectivity index (χ3n) is 4.89. The van der Waals surface area contributed by atoms with Crippen molar-refractivity contribution in [3.63, 3.8) is 0 Å². The minimum absolute atomic E-state index is 0. The van der Waals surface area contributed by atoms with Crippen LogP contribution in [0.15, 0.2) is 29.2 Å². The van der Waals surface area contributed by atoms with Crippen LogP contribution in [0.25, 0.3) is 0 Å². The number of hydrogen-bond acceptors (Lipinski definition) is 4. The van der Waals surface area contributed by atoms with Gasteiger partial charge in [0.05, 0.1) is 4.90 Å². The lowest BCUT2D eigenvalue weighted by Crippen LogP contribution is -2.50. The summed E-state index contributed by atoms with van der Waals surface area (Å²) in [6.45, 7) is 6.29. The molecular formula is C18H30ClN3O3S. The molecule has 0 saturated carbocycles. The van der Waals surface area contributed by atoms with Crippen LogP contribution in [0.4, 0.5) is 0 Å². The lowest BCUT2D eigenvalue weighted by Gasteiger charge is -2.34. The summed E-state index contributed by atoms with van der Waals surface area (Å²) in [7, 11) is -3.50. The van der Waals surface area contributed by atoms with E-state index in [9.17, 15) is 13.2 Å². The van der Waals surface area contributed by atoms with Gasteiger partial charge in [0.15, 0.2) is 0 Å². The van der Waals surface area contributed by atoms with Crippen molar-refractivity contribution in [1.29, 1.82) is 0 Å². The summed E-state index contributed by atoms with van der Waals surface area (Å²) in [6, 6.07) is 7.17. The predicted molar refractivity (Wildman–Crippen MR) is 106 cm³/mol. The van der Waals surface area contributed by atoms with Crippen LogP contribution in [0.1, 0.15) is 44.6 Å². The second-order valence-corrected chi connectivity index (χ2v) is 8.49. The molecule has 0 aromatic heterocycles. The van der Waals surface area contributed by atoms with E-state index in [1.54, 1.807) is 17.0 Å². The number of carbonyl (C=O) groups excluding carboxylic acids is 1. The first kappa shape index (κ1) is 22.9. The molecule has 1 atom stereocenters. The first-order valence-electron chi connectivity index (χ1n) is 8.98. The first-order valence-corrected chi connectivity index (χ1v) is 10.4. The fourth-order valence-electron chi connectivity index (χ4n) is 2.94. The van der Waals surface area contributed by atoms with Crippen LogP contribution in [0, 0.1) is 0 Å². The van der Waals surface area contributed by atoms with Gasteiger partial charge in [-0.15, -0.1) is 12.4 Å². The Morgan fingerprint density at radius 3 is 2.23 bits per heavy atom. The molecule has 1 unspecified atom stereocenters. The molecule has 1 aliphatic rings. The Morgan fingerprint density at radius 1 is 1.15 bits per heavy atom. The van der Waals surface area contributed by atoms with Gasteiger partial charge in [-0.2, -0.15) is 4.31 Å². The van der Waals surface area contributed by atoms with E-state index in [1.807, 2.05) is 12.1 Å². The molecule has 1 saturated heterocycles. The molecule has 1 aromatic carbocycles. The van der Waals surface area contributed by atoms with Crippen molar-refractivity contribution in [2.45, 2.75) is 43.9 Å². The van der Waals surface area contributed by atoms with Crippen LogP contribution in [0.3, 0.4) is 0 Å². The summed E-state index contributed by atoms with van der Waals surface area (Å²) in [4.78, 5) is 14.1. The second kappa shape index (κ2) is 10.3. The van der Waals surface area contributed by atoms with Crippen LogP contribution < -0.4 is 5.73 Å². The Morgan fingerprint density at radius 2 is 1.73 bits per heavy atom. The number of nitrogens with two attached hydrogens (primary N) is 1. The molecule has 0 bridgehead atoms. The summed E-state index contributed by atoms with van der Waals surface area (Å²) >= 11 is 0. The number of sulfonamides is 1. The van der Waals surface area contributed by atoms with Crippen molar-refractivity contribution >= 4 is 28.3 Å². The lowest BCUT2D eigenvalue weighted by atomic mass is 9.99. The van der Waals surface area contributed by atoms with Crippen molar-refractivity contribution in [3.8, 4) is 0 Å². The summed E-state index contributed by atoms with van der Waals surface area (Å²) in [5.74, 6) is 0.472. The van der Waals surface area contributed by atoms with Gasteiger partial charge in [0.2, 0.25) is 15.9 Å². The molecule has 8 heteroatoms. The summed E-state index contributed by atoms with van der Waals surface area (Å²) in [5.41, 5.74) is 6.58. The van der Waals surface area contributed by atoms with Gasteiger partial charge in [-0.1, -0.05) is 26.0 Å². The molecule has 1 aromatic rings. The van der Waals surface area contributed by atoms with Gasteiger partial charge in [0, 0.05) is 32.6 Å². The molecular weight excluding hydrogens is 374 g/mol. The fraction of sp³-hybridized carbons (Fsp3) is 0.611. The smallest absolute Gasteiger partial charge is 0.243 e. The quantitative estimate of drug-likeness (QED) is 0.756. The van der Waals surface area contributed by atoms with Crippen LogP contribution in [-0.2, 0) is 14.8 Å². The monoisotopic (exact) mass is 403 g/mol. The zero-order chi connectivity index (χ0) is 18.4. The number of hydrogen-bond donors (Lipinski definition) is 1. The molecule has 148 valence electrons. The predicted octanol–water partition coefficient (Wildman–Crippen LogP) is 2.19. The average Bonchev–Trinajstić information content (AvgIpc) is 2.65. The molecule has 0 radical (unpaired) electrons. The minimum atomic E-state index is -3.50. The zero-order valence-electron chi connectivity index (χ0n) is 15.6. The highest BCUT2D eigenvalue weighted by atomic mass is 35.5. The Kier molecular flexibility index (Phi) is 9.03. The van der Waals surface area contributed by atoms with Crippen molar-refractivity contribution in [1.82, 2.24) is 9.21 Å². The van der Waals surface area contributed by atoms with E-state index < -0.39 is 10.0 Å². The van der Waals surface area contributed by atoms with E-state index >= 15 is 0 Å². The zero-order valence-corrected chi connectivity index (χ0v) is 17.2. The maximum Gasteiger partial charge on any atom is 0.243 e. The van der Waals surface area contributed by atoms with Crippen molar-refractivity contribution in [3.05, 3.63) is 29.8 Å². The fourth-order valence-corrected chi connectivity index (χ4v) is 4.36. The molecule has 2 rings (SSSR count). The van der Waals surface area contributed by atoms with Crippen molar-refractivity contribution in [2.24, 2.45) is 5.73 Å². The van der Waals surface area contributed by atoms with E-state index in [2.05, 4.69) is 13.8 Å². The van der Waals surface area contributed by atoms with Gasteiger partial charge in [0.1, 0.15) is 0 Å². The van der Waals surface area contributed by atoms with Crippen LogP contribution in [0.5, 0.6) is 0 Å². The Bertz CT molecular complexity index is 671. The molecule has 1 aliphatic heterocycles. The maximum absolute atomic E-state index is 12.8. The van der Waals surface area contributed by atoms with Gasteiger partial charge in [-0.3, -0.25) is 4.79 Å². The van der Waals surface area contributed by atoms with E-state index in [1.165, 1.54) is 4.31 Å². The topological polar surface area (TPSA) is 83.7 Å². The van der Waals surface area contributed by atoms with Gasteiger partial charge in [-0.25, -0.2) is 8.42 Å². The first-order chi connectivity index (χ1) is 11.9. The van der Waals surface area contributed by atoms with Crippen molar-refractivity contribution in [2.75, 3.05) is 32.7 Å². The third kappa shape index (κ3) is 5.42. The molecule has 1 heterocycles. The largest absolute Gasteiger partial charge is 0.340 e. The normalized spacial score (nSPS) is 16.8. The van der Waals surface area contributed by atoms with Crippen molar-refractivity contribution < 1.29 is 13.2 Å². The number of amides is 1. The van der Waals surface area contributed by atoms with Gasteiger partial charge < -0.3 is 10.6 Å². The van der Waals surface area contributed by atoms with Gasteiger partial charge in [-0.05, 0) is 43.0 Å². The standard InChI is InChI=1S/C18H29N3O3S.ClH/c1-3-15(2)16-6-8-17(9-7-16)25(23,24)21-13-11-20(12-14-21)18(22)5-4-10-19;/h6-9,15H,3-5,10-14,19H2,1-2H3;1H. The van der Waals surface area contributed by atoms with Gasteiger partial charge >= 0.3 is 0 Å². The number of halogens is 1. The summed E-state index contributed by atoms with van der Waals surface area (Å²) in [6.07, 6.45) is 2.12. The molecule has 6 nitrogen and oxygen atoms in total. The third-order valence-corrected chi connectivity index (χ3v) is 6.80. The highest BCUT2D eigenvalue weighted by molar-refractivity contribution is 7.89.